The summed E-state index contributed by atoms with van der Waals surface area (Å²) < 4.78 is 4.28. The van der Waals surface area contributed by atoms with Crippen LogP contribution in [0.4, 0.5) is 0 Å². The van der Waals surface area contributed by atoms with Crippen molar-refractivity contribution in [1.29, 1.82) is 0 Å². The molecule has 0 atom stereocenters. The Kier molecular flexibility index (Phi) is 4.83. The van der Waals surface area contributed by atoms with Crippen LogP contribution < -0.4 is 5.32 Å². The fraction of sp³-hybridized carbons (Fsp3) is 0.625. The maximum Gasteiger partial charge on any atom is 0.123 e. The fourth-order valence-electron chi connectivity index (χ4n) is 2.26. The first-order valence-corrected chi connectivity index (χ1v) is 7.73. The second-order valence-electron chi connectivity index (χ2n) is 6.37. The van der Waals surface area contributed by atoms with Crippen LogP contribution in [0.5, 0.6) is 0 Å². The first-order valence-electron chi connectivity index (χ1n) is 7.73. The zero-order chi connectivity index (χ0) is 15.5. The highest BCUT2D eigenvalue weighted by Gasteiger charge is 2.12. The summed E-state index contributed by atoms with van der Waals surface area (Å²) in [6.07, 6.45) is 4.88. The van der Waals surface area contributed by atoms with Crippen molar-refractivity contribution in [2.75, 3.05) is 0 Å². The number of imidazole rings is 1. The van der Waals surface area contributed by atoms with Gasteiger partial charge in [-0.3, -0.25) is 4.68 Å². The molecule has 0 bridgehead atoms. The first kappa shape index (κ1) is 15.8. The van der Waals surface area contributed by atoms with Crippen molar-refractivity contribution in [3.8, 4) is 0 Å². The molecule has 5 heteroatoms. The fourth-order valence-corrected chi connectivity index (χ4v) is 2.26. The Hall–Kier alpha value is -1.62. The van der Waals surface area contributed by atoms with E-state index in [1.54, 1.807) is 0 Å². The van der Waals surface area contributed by atoms with Gasteiger partial charge in [0, 0.05) is 24.5 Å². The van der Waals surface area contributed by atoms with Crippen molar-refractivity contribution >= 4 is 0 Å². The van der Waals surface area contributed by atoms with Gasteiger partial charge in [-0.25, -0.2) is 4.98 Å². The third-order valence-electron chi connectivity index (χ3n) is 3.49. The van der Waals surface area contributed by atoms with Gasteiger partial charge in [-0.05, 0) is 40.2 Å². The van der Waals surface area contributed by atoms with Crippen molar-refractivity contribution < 1.29 is 0 Å². The Labute approximate surface area is 127 Å². The molecule has 2 rings (SSSR count). The Morgan fingerprint density at radius 1 is 1.24 bits per heavy atom. The minimum Gasteiger partial charge on any atom is -0.328 e. The number of nitrogens with zero attached hydrogens (tertiary/aromatic N) is 4. The van der Waals surface area contributed by atoms with Gasteiger partial charge < -0.3 is 9.88 Å². The smallest absolute Gasteiger partial charge is 0.123 e. The number of aryl methyl sites for hydroxylation is 2. The summed E-state index contributed by atoms with van der Waals surface area (Å²) >= 11 is 0. The van der Waals surface area contributed by atoms with Gasteiger partial charge >= 0.3 is 0 Å². The van der Waals surface area contributed by atoms with E-state index >= 15 is 0 Å². The van der Waals surface area contributed by atoms with E-state index in [9.17, 15) is 0 Å². The highest BCUT2D eigenvalue weighted by molar-refractivity contribution is 5.12. The van der Waals surface area contributed by atoms with Crippen LogP contribution in [-0.4, -0.2) is 24.9 Å². The summed E-state index contributed by atoms with van der Waals surface area (Å²) in [5, 5.41) is 8.10. The lowest BCUT2D eigenvalue weighted by molar-refractivity contribution is 0.412. The van der Waals surface area contributed by atoms with Crippen molar-refractivity contribution in [2.24, 2.45) is 0 Å². The predicted molar refractivity (Wildman–Crippen MR) is 85.2 cm³/mol. The molecule has 0 amide bonds. The number of hydrogen-bond acceptors (Lipinski definition) is 3. The van der Waals surface area contributed by atoms with Crippen LogP contribution in [0.3, 0.4) is 0 Å². The van der Waals surface area contributed by atoms with E-state index < -0.39 is 0 Å². The van der Waals surface area contributed by atoms with Gasteiger partial charge in [0.05, 0.1) is 24.5 Å². The number of aromatic nitrogens is 4. The molecule has 0 radical (unpaired) electrons. The zero-order valence-electron chi connectivity index (χ0n) is 13.8. The molecule has 2 aromatic rings. The van der Waals surface area contributed by atoms with Gasteiger partial charge in [-0.15, -0.1) is 0 Å². The van der Waals surface area contributed by atoms with Crippen LogP contribution in [0.15, 0.2) is 18.5 Å². The van der Waals surface area contributed by atoms with Gasteiger partial charge in [-0.1, -0.05) is 6.92 Å². The topological polar surface area (TPSA) is 47.7 Å². The van der Waals surface area contributed by atoms with Crippen molar-refractivity contribution in [1.82, 2.24) is 24.6 Å². The molecular weight excluding hydrogens is 262 g/mol. The van der Waals surface area contributed by atoms with Gasteiger partial charge in [0.2, 0.25) is 0 Å². The Morgan fingerprint density at radius 2 is 2.00 bits per heavy atom. The van der Waals surface area contributed by atoms with Crippen LogP contribution in [0.2, 0.25) is 0 Å². The van der Waals surface area contributed by atoms with E-state index in [1.165, 1.54) is 5.69 Å². The van der Waals surface area contributed by atoms with Crippen molar-refractivity contribution in [2.45, 2.75) is 66.2 Å². The molecule has 0 aromatic carbocycles. The van der Waals surface area contributed by atoms with Crippen LogP contribution >= 0.6 is 0 Å². The summed E-state index contributed by atoms with van der Waals surface area (Å²) in [5.74, 6) is 1.06. The molecule has 1 N–H and O–H groups in total. The lowest BCUT2D eigenvalue weighted by Crippen LogP contribution is -2.36. The summed E-state index contributed by atoms with van der Waals surface area (Å²) in [5.41, 5.74) is 2.49. The van der Waals surface area contributed by atoms with Gasteiger partial charge in [-0.2, -0.15) is 5.10 Å². The normalized spacial score (nSPS) is 12.0. The molecule has 0 aliphatic carbocycles. The molecule has 116 valence electrons. The van der Waals surface area contributed by atoms with E-state index in [0.29, 0.717) is 0 Å². The van der Waals surface area contributed by atoms with E-state index in [4.69, 9.17) is 0 Å². The summed E-state index contributed by atoms with van der Waals surface area (Å²) in [6.45, 7) is 13.3. The van der Waals surface area contributed by atoms with E-state index in [2.05, 4.69) is 65.3 Å². The largest absolute Gasteiger partial charge is 0.328 e. The SMILES string of the molecule is CCc1cc(Cn2ccnc2CNC(C)(C)C)n(CC)n1. The minimum atomic E-state index is 0.0946. The Morgan fingerprint density at radius 3 is 2.62 bits per heavy atom. The van der Waals surface area contributed by atoms with Crippen molar-refractivity contribution in [3.63, 3.8) is 0 Å². The summed E-state index contributed by atoms with van der Waals surface area (Å²) in [6, 6.07) is 2.20. The Balaban J connectivity index is 2.13. The second-order valence-corrected chi connectivity index (χ2v) is 6.37. The monoisotopic (exact) mass is 289 g/mol. The number of nitrogens with one attached hydrogen (secondary N) is 1. The predicted octanol–water partition coefficient (Wildman–Crippen LogP) is 2.60. The molecule has 0 fully saturated rings. The molecular formula is C16H27N5. The van der Waals surface area contributed by atoms with Crippen LogP contribution in [0.1, 0.15) is 51.8 Å². The molecule has 0 unspecified atom stereocenters. The second kappa shape index (κ2) is 6.43. The lowest BCUT2D eigenvalue weighted by atomic mass is 10.1. The molecule has 21 heavy (non-hydrogen) atoms. The first-order chi connectivity index (χ1) is 9.93. The molecule has 0 aliphatic heterocycles. The highest BCUT2D eigenvalue weighted by atomic mass is 15.3. The maximum atomic E-state index is 4.61. The third-order valence-corrected chi connectivity index (χ3v) is 3.49. The van der Waals surface area contributed by atoms with E-state index in [-0.39, 0.29) is 5.54 Å². The molecule has 0 spiro atoms. The minimum absolute atomic E-state index is 0.0946. The van der Waals surface area contributed by atoms with Crippen molar-refractivity contribution in [3.05, 3.63) is 35.7 Å². The number of hydrogen-bond donors (Lipinski definition) is 1. The van der Waals surface area contributed by atoms with Gasteiger partial charge in [0.15, 0.2) is 0 Å². The summed E-state index contributed by atoms with van der Waals surface area (Å²) in [7, 11) is 0. The highest BCUT2D eigenvalue weighted by Crippen LogP contribution is 2.10. The Bertz CT molecular complexity index is 574. The zero-order valence-corrected chi connectivity index (χ0v) is 13.8. The molecule has 5 nitrogen and oxygen atoms in total. The summed E-state index contributed by atoms with van der Waals surface area (Å²) in [4.78, 5) is 4.47. The third kappa shape index (κ3) is 4.17. The quantitative estimate of drug-likeness (QED) is 0.889. The maximum absolute atomic E-state index is 4.61. The van der Waals surface area contributed by atoms with E-state index in [1.807, 2.05) is 12.4 Å². The van der Waals surface area contributed by atoms with Crippen LogP contribution in [0, 0.1) is 0 Å². The lowest BCUT2D eigenvalue weighted by Gasteiger charge is -2.20. The van der Waals surface area contributed by atoms with Gasteiger partial charge in [0.25, 0.3) is 0 Å². The average molecular weight is 289 g/mol. The van der Waals surface area contributed by atoms with Gasteiger partial charge in [0.1, 0.15) is 5.82 Å². The molecule has 0 saturated carbocycles. The standard InChI is InChI=1S/C16H27N5/c1-6-13-10-14(21(7-2)19-13)12-20-9-8-17-15(20)11-18-16(3,4)5/h8-10,18H,6-7,11-12H2,1-5H3. The molecule has 2 aromatic heterocycles. The molecule has 2 heterocycles. The van der Waals surface area contributed by atoms with E-state index in [0.717, 1.165) is 37.6 Å². The van der Waals surface area contributed by atoms with Crippen LogP contribution in [0.25, 0.3) is 0 Å². The van der Waals surface area contributed by atoms with Crippen LogP contribution in [-0.2, 0) is 26.1 Å². The number of rotatable bonds is 6. The molecule has 0 saturated heterocycles. The molecule has 0 aliphatic rings. The average Bonchev–Trinajstić information content (AvgIpc) is 3.02.